The third kappa shape index (κ3) is 2.76. The summed E-state index contributed by atoms with van der Waals surface area (Å²) in [4.78, 5) is 13.2. The Morgan fingerprint density at radius 3 is 2.52 bits per heavy atom. The molecule has 0 atom stereocenters. The number of nitrogens with zero attached hydrogens (tertiary/aromatic N) is 1. The van der Waals surface area contributed by atoms with E-state index in [0.29, 0.717) is 23.4 Å². The first-order valence-corrected chi connectivity index (χ1v) is 13.0. The molecule has 0 radical (unpaired) electrons. The molecule has 0 unspecified atom stereocenters. The molecule has 1 aliphatic rings. The number of fused-ring (bicyclic) bond motifs is 4. The molecule has 5 heteroatoms. The van der Waals surface area contributed by atoms with Crippen LogP contribution in [0.3, 0.4) is 0 Å². The van der Waals surface area contributed by atoms with E-state index in [1.54, 1.807) is 14.2 Å². The van der Waals surface area contributed by atoms with Crippen LogP contribution >= 0.6 is 0 Å². The predicted octanol–water partition coefficient (Wildman–Crippen LogP) is 4.54. The first-order chi connectivity index (χ1) is 12.9. The average Bonchev–Trinajstić information content (AvgIpc) is 2.65. The smallest absolute Gasteiger partial charge is 0.259 e. The van der Waals surface area contributed by atoms with Crippen LogP contribution < -0.4 is 15.0 Å². The van der Waals surface area contributed by atoms with Gasteiger partial charge in [-0.25, -0.2) is 0 Å². The van der Waals surface area contributed by atoms with Crippen LogP contribution in [0.25, 0.3) is 21.7 Å². The van der Waals surface area contributed by atoms with Gasteiger partial charge in [0.15, 0.2) is 11.5 Å². The Balaban J connectivity index is 2.19. The van der Waals surface area contributed by atoms with E-state index in [4.69, 9.17) is 9.47 Å². The van der Waals surface area contributed by atoms with Gasteiger partial charge in [-0.3, -0.25) is 4.79 Å². The zero-order valence-electron chi connectivity index (χ0n) is 16.8. The molecule has 0 spiro atoms. The molecule has 0 aliphatic carbocycles. The van der Waals surface area contributed by atoms with Gasteiger partial charge in [-0.1, -0.05) is 19.1 Å². The lowest BCUT2D eigenvalue weighted by Gasteiger charge is -2.30. The van der Waals surface area contributed by atoms with Crippen molar-refractivity contribution in [1.29, 1.82) is 0 Å². The van der Waals surface area contributed by atoms with E-state index in [1.807, 2.05) is 23.6 Å². The van der Waals surface area contributed by atoms with Crippen molar-refractivity contribution in [2.45, 2.75) is 45.1 Å². The van der Waals surface area contributed by atoms with Crippen molar-refractivity contribution < 1.29 is 9.47 Å². The molecule has 2 heterocycles. The van der Waals surface area contributed by atoms with E-state index in [-0.39, 0.29) is 5.56 Å². The van der Waals surface area contributed by atoms with Crippen molar-refractivity contribution in [3.8, 4) is 11.5 Å². The number of aromatic nitrogens is 1. The number of pyridine rings is 1. The van der Waals surface area contributed by atoms with Crippen LogP contribution in [0.2, 0.25) is 19.1 Å². The van der Waals surface area contributed by atoms with Crippen molar-refractivity contribution in [2.75, 3.05) is 14.2 Å². The summed E-state index contributed by atoms with van der Waals surface area (Å²) in [6.45, 7) is 7.62. The highest BCUT2D eigenvalue weighted by molar-refractivity contribution is 6.77. The molecule has 0 saturated heterocycles. The first kappa shape index (κ1) is 18.1. The van der Waals surface area contributed by atoms with E-state index in [0.717, 1.165) is 22.7 Å². The molecule has 0 amide bonds. The van der Waals surface area contributed by atoms with E-state index >= 15 is 0 Å². The van der Waals surface area contributed by atoms with Crippen LogP contribution in [0.1, 0.15) is 18.1 Å². The van der Waals surface area contributed by atoms with Gasteiger partial charge in [0.25, 0.3) is 5.56 Å². The maximum absolute atomic E-state index is 13.2. The van der Waals surface area contributed by atoms with E-state index < -0.39 is 8.07 Å². The molecule has 27 heavy (non-hydrogen) atoms. The highest BCUT2D eigenvalue weighted by Gasteiger charge is 2.28. The number of ether oxygens (including phenoxy) is 2. The predicted molar refractivity (Wildman–Crippen MR) is 114 cm³/mol. The molecule has 3 aromatic rings. The Hall–Kier alpha value is -2.27. The first-order valence-electron chi connectivity index (χ1n) is 9.63. The van der Waals surface area contributed by atoms with Gasteiger partial charge in [0.05, 0.1) is 33.2 Å². The van der Waals surface area contributed by atoms with Gasteiger partial charge < -0.3 is 14.0 Å². The van der Waals surface area contributed by atoms with Crippen LogP contribution in [-0.4, -0.2) is 26.9 Å². The van der Waals surface area contributed by atoms with E-state index in [1.165, 1.54) is 23.2 Å². The molecule has 1 aliphatic heterocycles. The Labute approximate surface area is 160 Å². The molecular formula is C22H27NO3Si. The zero-order valence-corrected chi connectivity index (χ0v) is 17.8. The fourth-order valence-electron chi connectivity index (χ4n) is 4.52. The maximum Gasteiger partial charge on any atom is 0.259 e. The summed E-state index contributed by atoms with van der Waals surface area (Å²) < 4.78 is 13.1. The minimum Gasteiger partial charge on any atom is -0.493 e. The van der Waals surface area contributed by atoms with Gasteiger partial charge in [-0.05, 0) is 54.8 Å². The van der Waals surface area contributed by atoms with Gasteiger partial charge in [-0.15, -0.1) is 0 Å². The van der Waals surface area contributed by atoms with Crippen molar-refractivity contribution in [3.05, 3.63) is 45.7 Å². The number of methoxy groups -OCH3 is 2. The maximum atomic E-state index is 13.2. The molecular weight excluding hydrogens is 354 g/mol. The van der Waals surface area contributed by atoms with Crippen molar-refractivity contribution in [1.82, 2.24) is 4.57 Å². The second-order valence-corrected chi connectivity index (χ2v) is 13.4. The van der Waals surface area contributed by atoms with Gasteiger partial charge in [0, 0.05) is 17.3 Å². The van der Waals surface area contributed by atoms with E-state index in [9.17, 15) is 4.79 Å². The number of rotatable bonds is 3. The van der Waals surface area contributed by atoms with Crippen LogP contribution in [0.4, 0.5) is 0 Å². The SMILES string of the molecule is CCn1c(=O)c2ccc(OC)c(OC)c2c2cc3c(cc21)CC[Si](C)(C)C3. The van der Waals surface area contributed by atoms with Crippen LogP contribution in [0.5, 0.6) is 11.5 Å². The third-order valence-corrected chi connectivity index (χ3v) is 8.90. The minimum atomic E-state index is -1.19. The van der Waals surface area contributed by atoms with Crippen molar-refractivity contribution in [3.63, 3.8) is 0 Å². The number of hydrogen-bond acceptors (Lipinski definition) is 3. The summed E-state index contributed by atoms with van der Waals surface area (Å²) in [6.07, 6.45) is 1.12. The number of aryl methyl sites for hydroxylation is 2. The second-order valence-electron chi connectivity index (χ2n) is 8.25. The fraction of sp³-hybridized carbons (Fsp3) is 0.409. The third-order valence-electron chi connectivity index (χ3n) is 5.96. The highest BCUT2D eigenvalue weighted by Crippen LogP contribution is 2.40. The minimum absolute atomic E-state index is 0.0337. The van der Waals surface area contributed by atoms with Crippen LogP contribution in [0.15, 0.2) is 29.1 Å². The number of benzene rings is 2. The van der Waals surface area contributed by atoms with Crippen molar-refractivity contribution >= 4 is 29.7 Å². The lowest BCUT2D eigenvalue weighted by molar-refractivity contribution is 0.358. The van der Waals surface area contributed by atoms with Gasteiger partial charge in [0.2, 0.25) is 0 Å². The van der Waals surface area contributed by atoms with Gasteiger partial charge >= 0.3 is 0 Å². The largest absolute Gasteiger partial charge is 0.493 e. The second kappa shape index (κ2) is 6.41. The quantitative estimate of drug-likeness (QED) is 0.494. The summed E-state index contributed by atoms with van der Waals surface area (Å²) in [6, 6.07) is 10.8. The number of hydrogen-bond donors (Lipinski definition) is 0. The summed E-state index contributed by atoms with van der Waals surface area (Å²) in [5.74, 6) is 1.31. The molecule has 4 rings (SSSR count). The van der Waals surface area contributed by atoms with Crippen LogP contribution in [-0.2, 0) is 19.0 Å². The lowest BCUT2D eigenvalue weighted by atomic mass is 9.97. The normalized spacial score (nSPS) is 15.7. The Morgan fingerprint density at radius 1 is 1.07 bits per heavy atom. The molecule has 4 nitrogen and oxygen atoms in total. The van der Waals surface area contributed by atoms with Crippen LogP contribution in [0, 0.1) is 0 Å². The fourth-order valence-corrected chi connectivity index (χ4v) is 7.00. The molecule has 142 valence electrons. The van der Waals surface area contributed by atoms with E-state index in [2.05, 4.69) is 25.2 Å². The molecule has 0 saturated carbocycles. The Bertz CT molecular complexity index is 1110. The summed E-state index contributed by atoms with van der Waals surface area (Å²) >= 11 is 0. The Kier molecular flexibility index (Phi) is 4.30. The van der Waals surface area contributed by atoms with Crippen molar-refractivity contribution in [2.24, 2.45) is 0 Å². The molecule has 0 bridgehead atoms. The molecule has 0 N–H and O–H groups in total. The summed E-state index contributed by atoms with van der Waals surface area (Å²) in [5.41, 5.74) is 3.88. The standard InChI is InChI=1S/C22H27NO3Si/c1-6-23-18-12-14-9-10-27(4,5)13-15(14)11-17(18)20-16(22(23)24)7-8-19(25-2)21(20)26-3/h7-8,11-12H,6,9-10,13H2,1-5H3. The molecule has 0 fully saturated rings. The molecule has 2 aromatic carbocycles. The zero-order chi connectivity index (χ0) is 19.3. The Morgan fingerprint density at radius 2 is 1.85 bits per heavy atom. The summed E-state index contributed by atoms with van der Waals surface area (Å²) in [5, 5.41) is 2.65. The average molecular weight is 382 g/mol. The summed E-state index contributed by atoms with van der Waals surface area (Å²) in [7, 11) is 2.08. The van der Waals surface area contributed by atoms with Gasteiger partial charge in [0.1, 0.15) is 0 Å². The monoisotopic (exact) mass is 381 g/mol. The van der Waals surface area contributed by atoms with Gasteiger partial charge in [-0.2, -0.15) is 0 Å². The molecule has 1 aromatic heterocycles. The topological polar surface area (TPSA) is 40.5 Å². The lowest BCUT2D eigenvalue weighted by Crippen LogP contribution is -2.33. The highest BCUT2D eigenvalue weighted by atomic mass is 28.3.